The maximum atomic E-state index is 12.2. The van der Waals surface area contributed by atoms with Gasteiger partial charge in [0.05, 0.1) is 16.1 Å². The molecule has 1 aromatic heterocycles. The molecular formula is C20H22N4O4S2. The van der Waals surface area contributed by atoms with Crippen LogP contribution in [0.2, 0.25) is 0 Å². The van der Waals surface area contributed by atoms with Gasteiger partial charge in [-0.3, -0.25) is 0 Å². The number of hydrogen-bond acceptors (Lipinski definition) is 6. The highest BCUT2D eigenvalue weighted by Crippen LogP contribution is 2.19. The van der Waals surface area contributed by atoms with Crippen molar-refractivity contribution >= 4 is 33.1 Å². The normalized spacial score (nSPS) is 11.3. The van der Waals surface area contributed by atoms with Gasteiger partial charge in [0.25, 0.3) is 0 Å². The van der Waals surface area contributed by atoms with Gasteiger partial charge in [-0.1, -0.05) is 18.2 Å². The Morgan fingerprint density at radius 2 is 1.93 bits per heavy atom. The SMILES string of the molecule is CN(C)S(=O)(=O)c1ccc(CNC(=O)Nc2cccc(OCc3cscn3)c2)cc1. The molecule has 0 unspecified atom stereocenters. The number of benzene rings is 2. The largest absolute Gasteiger partial charge is 0.487 e. The molecule has 0 bridgehead atoms. The van der Waals surface area contributed by atoms with Gasteiger partial charge in [0.2, 0.25) is 10.0 Å². The third-order valence-electron chi connectivity index (χ3n) is 4.12. The number of nitrogens with one attached hydrogen (secondary N) is 2. The average Bonchev–Trinajstić information content (AvgIpc) is 3.25. The average molecular weight is 447 g/mol. The Hall–Kier alpha value is -2.95. The Kier molecular flexibility index (Phi) is 7.03. The number of thiazole rings is 1. The van der Waals surface area contributed by atoms with Crippen LogP contribution in [-0.4, -0.2) is 37.8 Å². The van der Waals surface area contributed by atoms with Crippen LogP contribution in [0.15, 0.2) is 64.3 Å². The van der Waals surface area contributed by atoms with E-state index in [0.29, 0.717) is 18.0 Å². The first-order valence-corrected chi connectivity index (χ1v) is 11.4. The second-order valence-electron chi connectivity index (χ2n) is 6.54. The fourth-order valence-corrected chi connectivity index (χ4v) is 3.92. The van der Waals surface area contributed by atoms with Crippen LogP contribution < -0.4 is 15.4 Å². The molecule has 0 aliphatic carbocycles. The molecule has 0 saturated heterocycles. The molecule has 2 amide bonds. The standard InChI is InChI=1S/C20H22N4O4S2/c1-24(2)30(26,27)19-8-6-15(7-9-19)11-21-20(25)23-16-4-3-5-18(10-16)28-12-17-13-29-14-22-17/h3-10,13-14H,11-12H2,1-2H3,(H2,21,23,25). The number of urea groups is 1. The number of sulfonamides is 1. The molecule has 2 N–H and O–H groups in total. The van der Waals surface area contributed by atoms with Crippen molar-refractivity contribution in [2.24, 2.45) is 0 Å². The quantitative estimate of drug-likeness (QED) is 0.553. The predicted molar refractivity (Wildman–Crippen MR) is 116 cm³/mol. The number of anilines is 1. The van der Waals surface area contributed by atoms with Crippen LogP contribution in [0.25, 0.3) is 0 Å². The van der Waals surface area contributed by atoms with Crippen molar-refractivity contribution in [3.8, 4) is 5.75 Å². The monoisotopic (exact) mass is 446 g/mol. The van der Waals surface area contributed by atoms with Gasteiger partial charge in [0.1, 0.15) is 12.4 Å². The Labute approximate surface area is 179 Å². The van der Waals surface area contributed by atoms with E-state index in [0.717, 1.165) is 15.6 Å². The maximum Gasteiger partial charge on any atom is 0.319 e. The summed E-state index contributed by atoms with van der Waals surface area (Å²) in [5.41, 5.74) is 3.97. The van der Waals surface area contributed by atoms with Crippen molar-refractivity contribution < 1.29 is 17.9 Å². The lowest BCUT2D eigenvalue weighted by Crippen LogP contribution is -2.28. The second-order valence-corrected chi connectivity index (χ2v) is 9.41. The maximum absolute atomic E-state index is 12.2. The summed E-state index contributed by atoms with van der Waals surface area (Å²) in [6, 6.07) is 13.1. The molecule has 8 nitrogen and oxygen atoms in total. The molecule has 3 rings (SSSR count). The Balaban J connectivity index is 1.51. The number of ether oxygens (including phenoxy) is 1. The number of rotatable bonds is 8. The zero-order valence-corrected chi connectivity index (χ0v) is 18.2. The van der Waals surface area contributed by atoms with E-state index in [1.807, 2.05) is 5.38 Å². The van der Waals surface area contributed by atoms with Gasteiger partial charge in [-0.15, -0.1) is 11.3 Å². The van der Waals surface area contributed by atoms with Gasteiger partial charge >= 0.3 is 6.03 Å². The van der Waals surface area contributed by atoms with Crippen molar-refractivity contribution in [1.82, 2.24) is 14.6 Å². The molecule has 0 fully saturated rings. The van der Waals surface area contributed by atoms with E-state index < -0.39 is 10.0 Å². The molecule has 10 heteroatoms. The van der Waals surface area contributed by atoms with Crippen LogP contribution in [0.3, 0.4) is 0 Å². The van der Waals surface area contributed by atoms with Crippen molar-refractivity contribution in [2.75, 3.05) is 19.4 Å². The number of nitrogens with zero attached hydrogens (tertiary/aromatic N) is 2. The number of carbonyl (C=O) groups excluding carboxylic acids is 1. The number of aromatic nitrogens is 1. The summed E-state index contributed by atoms with van der Waals surface area (Å²) in [5.74, 6) is 0.624. The highest BCUT2D eigenvalue weighted by atomic mass is 32.2. The lowest BCUT2D eigenvalue weighted by atomic mass is 10.2. The van der Waals surface area contributed by atoms with E-state index in [2.05, 4.69) is 15.6 Å². The zero-order valence-electron chi connectivity index (χ0n) is 16.5. The molecule has 158 valence electrons. The fraction of sp³-hybridized carbons (Fsp3) is 0.200. The first-order valence-electron chi connectivity index (χ1n) is 9.01. The number of amides is 2. The van der Waals surface area contributed by atoms with Crippen LogP contribution in [0.5, 0.6) is 5.75 Å². The molecule has 0 spiro atoms. The third-order valence-corrected chi connectivity index (χ3v) is 6.58. The lowest BCUT2D eigenvalue weighted by molar-refractivity contribution is 0.251. The molecule has 0 radical (unpaired) electrons. The highest BCUT2D eigenvalue weighted by molar-refractivity contribution is 7.89. The van der Waals surface area contributed by atoms with Gasteiger partial charge in [0, 0.05) is 37.8 Å². The first kappa shape index (κ1) is 21.8. The Morgan fingerprint density at radius 3 is 2.60 bits per heavy atom. The second kappa shape index (κ2) is 9.70. The van der Waals surface area contributed by atoms with Crippen molar-refractivity contribution in [2.45, 2.75) is 18.0 Å². The van der Waals surface area contributed by atoms with Gasteiger partial charge < -0.3 is 15.4 Å². The fourth-order valence-electron chi connectivity index (χ4n) is 2.48. The van der Waals surface area contributed by atoms with Crippen LogP contribution in [0.1, 0.15) is 11.3 Å². The Morgan fingerprint density at radius 1 is 1.17 bits per heavy atom. The van der Waals surface area contributed by atoms with E-state index in [-0.39, 0.29) is 17.5 Å². The lowest BCUT2D eigenvalue weighted by Gasteiger charge is -2.12. The van der Waals surface area contributed by atoms with Crippen molar-refractivity contribution in [1.29, 1.82) is 0 Å². The summed E-state index contributed by atoms with van der Waals surface area (Å²) >= 11 is 1.50. The molecule has 30 heavy (non-hydrogen) atoms. The predicted octanol–water partition coefficient (Wildman–Crippen LogP) is 3.29. The van der Waals surface area contributed by atoms with Gasteiger partial charge in [-0.2, -0.15) is 0 Å². The molecule has 0 atom stereocenters. The molecule has 3 aromatic rings. The summed E-state index contributed by atoms with van der Waals surface area (Å²) in [4.78, 5) is 16.5. The van der Waals surface area contributed by atoms with E-state index >= 15 is 0 Å². The van der Waals surface area contributed by atoms with Crippen LogP contribution >= 0.6 is 11.3 Å². The number of carbonyl (C=O) groups is 1. The minimum absolute atomic E-state index is 0.204. The summed E-state index contributed by atoms with van der Waals surface area (Å²) in [7, 11) is -0.510. The van der Waals surface area contributed by atoms with Gasteiger partial charge in [-0.25, -0.2) is 22.5 Å². The summed E-state index contributed by atoms with van der Waals surface area (Å²) in [6.45, 7) is 0.618. The third kappa shape index (κ3) is 5.78. The van der Waals surface area contributed by atoms with E-state index in [1.165, 1.54) is 37.6 Å². The van der Waals surface area contributed by atoms with Gasteiger partial charge in [-0.05, 0) is 29.8 Å². The minimum Gasteiger partial charge on any atom is -0.487 e. The van der Waals surface area contributed by atoms with E-state index in [4.69, 9.17) is 4.74 Å². The van der Waals surface area contributed by atoms with E-state index in [9.17, 15) is 13.2 Å². The van der Waals surface area contributed by atoms with Crippen molar-refractivity contribution in [3.63, 3.8) is 0 Å². The first-order chi connectivity index (χ1) is 14.3. The summed E-state index contributed by atoms with van der Waals surface area (Å²) in [5, 5.41) is 7.41. The molecule has 0 saturated carbocycles. The molecular weight excluding hydrogens is 424 g/mol. The summed E-state index contributed by atoms with van der Waals surface area (Å²) in [6.07, 6.45) is 0. The molecule has 2 aromatic carbocycles. The smallest absolute Gasteiger partial charge is 0.319 e. The number of hydrogen-bond donors (Lipinski definition) is 2. The topological polar surface area (TPSA) is 101 Å². The van der Waals surface area contributed by atoms with Crippen molar-refractivity contribution in [3.05, 3.63) is 70.7 Å². The zero-order chi connectivity index (χ0) is 21.6. The van der Waals surface area contributed by atoms with Crippen LogP contribution in [0, 0.1) is 0 Å². The molecule has 0 aliphatic heterocycles. The highest BCUT2D eigenvalue weighted by Gasteiger charge is 2.16. The van der Waals surface area contributed by atoms with Crippen LogP contribution in [0.4, 0.5) is 10.5 Å². The van der Waals surface area contributed by atoms with Gasteiger partial charge in [0.15, 0.2) is 0 Å². The minimum atomic E-state index is -3.47. The van der Waals surface area contributed by atoms with Crippen LogP contribution in [-0.2, 0) is 23.2 Å². The molecule has 0 aliphatic rings. The Bertz CT molecular complexity index is 1080. The summed E-state index contributed by atoms with van der Waals surface area (Å²) < 4.78 is 31.0. The molecule has 1 heterocycles. The van der Waals surface area contributed by atoms with E-state index in [1.54, 1.807) is 41.9 Å².